The van der Waals surface area contributed by atoms with Gasteiger partial charge in [0.25, 0.3) is 0 Å². The molecule has 10 heteroatoms. The fraction of sp³-hybridized carbons (Fsp3) is 0.364. The maximum absolute atomic E-state index is 12.8. The number of nitrogens with one attached hydrogen (secondary N) is 1. The highest BCUT2D eigenvalue weighted by atomic mass is 32.2. The smallest absolute Gasteiger partial charge is 0.328 e. The summed E-state index contributed by atoms with van der Waals surface area (Å²) in [5, 5.41) is 3.50. The minimum atomic E-state index is -3.56. The lowest BCUT2D eigenvalue weighted by Crippen LogP contribution is -2.50. The Labute approximate surface area is 193 Å². The van der Waals surface area contributed by atoms with Crippen LogP contribution in [0.5, 0.6) is 0 Å². The molecule has 2 aromatic rings. The number of morpholine rings is 1. The van der Waals surface area contributed by atoms with E-state index in [0.717, 1.165) is 11.1 Å². The van der Waals surface area contributed by atoms with E-state index in [1.165, 1.54) is 11.4 Å². The third kappa shape index (κ3) is 4.63. The van der Waals surface area contributed by atoms with Crippen LogP contribution in [0.15, 0.2) is 53.4 Å². The highest BCUT2D eigenvalue weighted by molar-refractivity contribution is 7.89. The number of rotatable bonds is 4. The minimum absolute atomic E-state index is 0.218. The molecule has 1 unspecified atom stereocenters. The number of ether oxygens (including phenoxy) is 2. The first-order valence-electron chi connectivity index (χ1n) is 10.3. The van der Waals surface area contributed by atoms with Crippen LogP contribution in [0.3, 0.4) is 0 Å². The molecule has 170 valence electrons. The van der Waals surface area contributed by atoms with Crippen LogP contribution >= 0.6 is 12.2 Å². The lowest BCUT2D eigenvalue weighted by molar-refractivity contribution is -0.145. The molecule has 2 aromatic carbocycles. The minimum Gasteiger partial charge on any atom is -0.467 e. The van der Waals surface area contributed by atoms with E-state index in [-0.39, 0.29) is 10.9 Å². The van der Waals surface area contributed by atoms with Gasteiger partial charge in [0.15, 0.2) is 5.11 Å². The van der Waals surface area contributed by atoms with Gasteiger partial charge in [0.05, 0.1) is 25.2 Å². The molecule has 0 aromatic heterocycles. The average Bonchev–Trinajstić information content (AvgIpc) is 2.83. The van der Waals surface area contributed by atoms with Crippen LogP contribution in [0, 0.1) is 0 Å². The number of anilines is 1. The summed E-state index contributed by atoms with van der Waals surface area (Å²) >= 11 is 5.60. The van der Waals surface area contributed by atoms with Gasteiger partial charge in [0, 0.05) is 31.7 Å². The van der Waals surface area contributed by atoms with Gasteiger partial charge >= 0.3 is 5.97 Å². The Morgan fingerprint density at radius 1 is 1.09 bits per heavy atom. The Bertz CT molecular complexity index is 1100. The molecule has 0 saturated carbocycles. The molecule has 0 aliphatic carbocycles. The van der Waals surface area contributed by atoms with E-state index in [1.807, 2.05) is 29.2 Å². The third-order valence-corrected chi connectivity index (χ3v) is 7.95. The largest absolute Gasteiger partial charge is 0.467 e. The molecule has 0 amide bonds. The number of hydrogen-bond acceptors (Lipinski definition) is 6. The Hall–Kier alpha value is -2.53. The lowest BCUT2D eigenvalue weighted by atomic mass is 9.94. The topological polar surface area (TPSA) is 88.2 Å². The molecule has 2 aliphatic rings. The van der Waals surface area contributed by atoms with Gasteiger partial charge in [-0.1, -0.05) is 24.3 Å². The van der Waals surface area contributed by atoms with E-state index < -0.39 is 16.1 Å². The summed E-state index contributed by atoms with van der Waals surface area (Å²) in [5.41, 5.74) is 2.83. The molecular formula is C22H25N3O5S2. The summed E-state index contributed by atoms with van der Waals surface area (Å²) in [6, 6.07) is 13.9. The first-order valence-corrected chi connectivity index (χ1v) is 12.1. The average molecular weight is 476 g/mol. The molecule has 1 saturated heterocycles. The fourth-order valence-electron chi connectivity index (χ4n) is 3.92. The molecule has 32 heavy (non-hydrogen) atoms. The van der Waals surface area contributed by atoms with Crippen molar-refractivity contribution in [1.82, 2.24) is 9.21 Å². The standard InChI is InChI=1S/C22H25N3O5S2/c1-29-21(26)20-14-16-4-2-3-5-17(16)15-25(20)22(31)23-18-6-8-19(9-7-18)32(27,28)24-10-12-30-13-11-24/h2-9,20H,10-15H2,1H3,(H,23,31). The van der Waals surface area contributed by atoms with Crippen molar-refractivity contribution in [2.24, 2.45) is 0 Å². The van der Waals surface area contributed by atoms with Gasteiger partial charge in [0.1, 0.15) is 6.04 Å². The zero-order valence-corrected chi connectivity index (χ0v) is 19.3. The monoisotopic (exact) mass is 475 g/mol. The number of methoxy groups -OCH3 is 1. The Morgan fingerprint density at radius 2 is 1.75 bits per heavy atom. The SMILES string of the molecule is COC(=O)C1Cc2ccccc2CN1C(=S)Nc1ccc(S(=O)(=O)N2CCOCC2)cc1. The molecule has 0 spiro atoms. The van der Waals surface area contributed by atoms with Crippen molar-refractivity contribution >= 4 is 39.0 Å². The maximum Gasteiger partial charge on any atom is 0.328 e. The number of fused-ring (bicyclic) bond motifs is 1. The number of carbonyl (C=O) groups is 1. The number of sulfonamides is 1. The molecule has 0 bridgehead atoms. The second-order valence-corrected chi connectivity index (χ2v) is 9.94. The van der Waals surface area contributed by atoms with Gasteiger partial charge in [-0.15, -0.1) is 0 Å². The molecule has 2 aliphatic heterocycles. The summed E-state index contributed by atoms with van der Waals surface area (Å²) in [4.78, 5) is 14.4. The lowest BCUT2D eigenvalue weighted by Gasteiger charge is -2.37. The van der Waals surface area contributed by atoms with Crippen LogP contribution in [0.4, 0.5) is 5.69 Å². The van der Waals surface area contributed by atoms with Gasteiger partial charge in [0.2, 0.25) is 10.0 Å². The summed E-state index contributed by atoms with van der Waals surface area (Å²) in [7, 11) is -2.20. The molecule has 8 nitrogen and oxygen atoms in total. The molecule has 0 radical (unpaired) electrons. The number of nitrogens with zero attached hydrogens (tertiary/aromatic N) is 2. The van der Waals surface area contributed by atoms with Gasteiger partial charge < -0.3 is 19.7 Å². The quantitative estimate of drug-likeness (QED) is 0.531. The highest BCUT2D eigenvalue weighted by Gasteiger charge is 2.34. The van der Waals surface area contributed by atoms with Crippen LogP contribution in [-0.4, -0.2) is 68.2 Å². The van der Waals surface area contributed by atoms with Crippen molar-refractivity contribution in [3.63, 3.8) is 0 Å². The third-order valence-electron chi connectivity index (χ3n) is 5.70. The van der Waals surface area contributed by atoms with Gasteiger partial charge in [-0.05, 0) is 47.6 Å². The van der Waals surface area contributed by atoms with Gasteiger partial charge in [-0.25, -0.2) is 13.2 Å². The van der Waals surface area contributed by atoms with Gasteiger partial charge in [-0.2, -0.15) is 4.31 Å². The predicted octanol–water partition coefficient (Wildman–Crippen LogP) is 2.00. The number of benzene rings is 2. The van der Waals surface area contributed by atoms with Crippen LogP contribution < -0.4 is 5.32 Å². The van der Waals surface area contributed by atoms with Crippen molar-refractivity contribution < 1.29 is 22.7 Å². The molecular weight excluding hydrogens is 450 g/mol. The zero-order valence-electron chi connectivity index (χ0n) is 17.7. The normalized spacial score (nSPS) is 19.2. The molecule has 1 atom stereocenters. The Balaban J connectivity index is 1.49. The maximum atomic E-state index is 12.8. The summed E-state index contributed by atoms with van der Waals surface area (Å²) in [5.74, 6) is -0.351. The molecule has 4 rings (SSSR count). The van der Waals surface area contributed by atoms with E-state index in [0.29, 0.717) is 50.1 Å². The number of hydrogen-bond donors (Lipinski definition) is 1. The second-order valence-electron chi connectivity index (χ2n) is 7.61. The highest BCUT2D eigenvalue weighted by Crippen LogP contribution is 2.26. The van der Waals surface area contributed by atoms with E-state index in [4.69, 9.17) is 21.7 Å². The van der Waals surface area contributed by atoms with Crippen LogP contribution in [0.2, 0.25) is 0 Å². The summed E-state index contributed by atoms with van der Waals surface area (Å²) in [6.07, 6.45) is 0.501. The van der Waals surface area contributed by atoms with Crippen LogP contribution in [0.25, 0.3) is 0 Å². The van der Waals surface area contributed by atoms with Crippen molar-refractivity contribution in [3.05, 3.63) is 59.7 Å². The first kappa shape index (κ1) is 22.7. The Morgan fingerprint density at radius 3 is 2.41 bits per heavy atom. The molecule has 1 N–H and O–H groups in total. The molecule has 1 fully saturated rings. The van der Waals surface area contributed by atoms with Crippen molar-refractivity contribution in [2.75, 3.05) is 38.7 Å². The number of carbonyl (C=O) groups excluding carboxylic acids is 1. The summed E-state index contributed by atoms with van der Waals surface area (Å²) < 4.78 is 37.3. The number of thiocarbonyl (C=S) groups is 1. The van der Waals surface area contributed by atoms with Crippen molar-refractivity contribution in [3.8, 4) is 0 Å². The zero-order chi connectivity index (χ0) is 22.7. The van der Waals surface area contributed by atoms with E-state index in [1.54, 1.807) is 24.3 Å². The van der Waals surface area contributed by atoms with Crippen molar-refractivity contribution in [2.45, 2.75) is 23.9 Å². The molecule has 2 heterocycles. The first-order chi connectivity index (χ1) is 15.4. The van der Waals surface area contributed by atoms with E-state index in [9.17, 15) is 13.2 Å². The Kier molecular flexibility index (Phi) is 6.75. The van der Waals surface area contributed by atoms with Gasteiger partial charge in [-0.3, -0.25) is 0 Å². The predicted molar refractivity (Wildman–Crippen MR) is 124 cm³/mol. The fourth-order valence-corrected chi connectivity index (χ4v) is 5.64. The van der Waals surface area contributed by atoms with E-state index >= 15 is 0 Å². The van der Waals surface area contributed by atoms with Crippen molar-refractivity contribution in [1.29, 1.82) is 0 Å². The van der Waals surface area contributed by atoms with E-state index in [2.05, 4.69) is 5.32 Å². The number of esters is 1. The van der Waals surface area contributed by atoms with Crippen LogP contribution in [0.1, 0.15) is 11.1 Å². The van der Waals surface area contributed by atoms with Crippen LogP contribution in [-0.2, 0) is 37.3 Å². The summed E-state index contributed by atoms with van der Waals surface area (Å²) in [6.45, 7) is 1.96. The second kappa shape index (κ2) is 9.53.